The molecule has 5 nitrogen and oxygen atoms in total. The van der Waals surface area contributed by atoms with Crippen LogP contribution in [0.4, 0.5) is 10.8 Å². The number of rotatable bonds is 4. The maximum absolute atomic E-state index is 6.00. The predicted molar refractivity (Wildman–Crippen MR) is 90.0 cm³/mol. The quantitative estimate of drug-likeness (QED) is 0.589. The average Bonchev–Trinajstić information content (AvgIpc) is 2.96. The van der Waals surface area contributed by atoms with Crippen molar-refractivity contribution < 1.29 is 0 Å². The molecule has 108 valence electrons. The van der Waals surface area contributed by atoms with Gasteiger partial charge in [0, 0.05) is 37.1 Å². The summed E-state index contributed by atoms with van der Waals surface area (Å²) < 4.78 is 0.958. The minimum absolute atomic E-state index is 0.762. The van der Waals surface area contributed by atoms with E-state index >= 15 is 0 Å². The fourth-order valence-electron chi connectivity index (χ4n) is 1.95. The van der Waals surface area contributed by atoms with Gasteiger partial charge in [-0.15, -0.1) is 10.2 Å². The van der Waals surface area contributed by atoms with Crippen LogP contribution >= 0.6 is 23.1 Å². The molecule has 0 saturated heterocycles. The Bertz CT molecular complexity index is 769. The third-order valence-corrected chi connectivity index (χ3v) is 5.29. The lowest BCUT2D eigenvalue weighted by Crippen LogP contribution is -2.07. The molecule has 1 aromatic carbocycles. The lowest BCUT2D eigenvalue weighted by atomic mass is 10.1. The number of anilines is 2. The first-order valence-electron chi connectivity index (χ1n) is 6.41. The first-order valence-corrected chi connectivity index (χ1v) is 8.21. The summed E-state index contributed by atoms with van der Waals surface area (Å²) >= 11 is 3.26. The Balaban J connectivity index is 1.83. The van der Waals surface area contributed by atoms with Crippen LogP contribution in [0.25, 0.3) is 10.9 Å². The van der Waals surface area contributed by atoms with Crippen LogP contribution in [0.5, 0.6) is 0 Å². The Morgan fingerprint density at radius 1 is 1.24 bits per heavy atom. The highest BCUT2D eigenvalue weighted by Crippen LogP contribution is 2.32. The molecule has 2 heterocycles. The molecule has 0 aliphatic rings. The van der Waals surface area contributed by atoms with Crippen molar-refractivity contribution in [2.75, 3.05) is 24.7 Å². The second-order valence-electron chi connectivity index (χ2n) is 4.75. The summed E-state index contributed by atoms with van der Waals surface area (Å²) in [6.45, 7) is 0. The molecule has 0 amide bonds. The van der Waals surface area contributed by atoms with Crippen LogP contribution in [-0.2, 0) is 5.75 Å². The topological polar surface area (TPSA) is 67.9 Å². The van der Waals surface area contributed by atoms with E-state index in [0.717, 1.165) is 37.4 Å². The molecule has 0 atom stereocenters. The van der Waals surface area contributed by atoms with Crippen molar-refractivity contribution in [3.8, 4) is 0 Å². The van der Waals surface area contributed by atoms with Crippen LogP contribution in [0.1, 0.15) is 5.56 Å². The average molecular weight is 317 g/mol. The monoisotopic (exact) mass is 317 g/mol. The molecule has 3 rings (SSSR count). The second-order valence-corrected chi connectivity index (χ2v) is 6.93. The zero-order valence-electron chi connectivity index (χ0n) is 11.8. The third-order valence-electron chi connectivity index (χ3n) is 3.02. The van der Waals surface area contributed by atoms with Gasteiger partial charge in [-0.25, -0.2) is 0 Å². The number of hydrogen-bond acceptors (Lipinski definition) is 7. The number of benzene rings is 1. The van der Waals surface area contributed by atoms with Gasteiger partial charge in [0.25, 0.3) is 0 Å². The second kappa shape index (κ2) is 5.87. The molecule has 0 fully saturated rings. The highest BCUT2D eigenvalue weighted by Gasteiger charge is 2.09. The zero-order chi connectivity index (χ0) is 14.8. The Morgan fingerprint density at radius 2 is 2.10 bits per heavy atom. The van der Waals surface area contributed by atoms with Crippen LogP contribution in [0.3, 0.4) is 0 Å². The van der Waals surface area contributed by atoms with Gasteiger partial charge in [-0.05, 0) is 23.8 Å². The van der Waals surface area contributed by atoms with E-state index in [9.17, 15) is 0 Å². The summed E-state index contributed by atoms with van der Waals surface area (Å²) in [4.78, 5) is 6.41. The van der Waals surface area contributed by atoms with Gasteiger partial charge in [-0.1, -0.05) is 29.2 Å². The third kappa shape index (κ3) is 2.93. The molecular formula is C14H15N5S2. The highest BCUT2D eigenvalue weighted by atomic mass is 32.2. The summed E-state index contributed by atoms with van der Waals surface area (Å²) in [7, 11) is 3.93. The van der Waals surface area contributed by atoms with Gasteiger partial charge >= 0.3 is 0 Å². The molecule has 7 heteroatoms. The van der Waals surface area contributed by atoms with E-state index in [-0.39, 0.29) is 0 Å². The van der Waals surface area contributed by atoms with E-state index in [2.05, 4.69) is 15.2 Å². The minimum Gasteiger partial charge on any atom is -0.398 e. The maximum Gasteiger partial charge on any atom is 0.208 e. The van der Waals surface area contributed by atoms with Crippen molar-refractivity contribution in [2.45, 2.75) is 10.1 Å². The van der Waals surface area contributed by atoms with Crippen LogP contribution in [0.15, 0.2) is 34.8 Å². The minimum atomic E-state index is 0.762. The number of pyridine rings is 1. The molecule has 0 saturated carbocycles. The van der Waals surface area contributed by atoms with Crippen molar-refractivity contribution in [3.63, 3.8) is 0 Å². The van der Waals surface area contributed by atoms with Crippen molar-refractivity contribution >= 4 is 44.8 Å². The van der Waals surface area contributed by atoms with Crippen molar-refractivity contribution in [3.05, 3.63) is 36.0 Å². The fourth-order valence-corrected chi connectivity index (χ4v) is 3.70. The number of thioether (sulfide) groups is 1. The molecule has 0 unspecified atom stereocenters. The van der Waals surface area contributed by atoms with Gasteiger partial charge in [0.1, 0.15) is 0 Å². The summed E-state index contributed by atoms with van der Waals surface area (Å²) in [5.41, 5.74) is 8.88. The Kier molecular flexibility index (Phi) is 3.94. The summed E-state index contributed by atoms with van der Waals surface area (Å²) in [5, 5.41) is 10.3. The van der Waals surface area contributed by atoms with Gasteiger partial charge < -0.3 is 10.6 Å². The van der Waals surface area contributed by atoms with Gasteiger partial charge in [0.05, 0.1) is 5.52 Å². The fraction of sp³-hybridized carbons (Fsp3) is 0.214. The predicted octanol–water partition coefficient (Wildman–Crippen LogP) is 3.03. The molecule has 2 N–H and O–H groups in total. The summed E-state index contributed by atoms with van der Waals surface area (Å²) in [5.74, 6) is 0.801. The molecule has 2 aromatic heterocycles. The number of nitrogens with zero attached hydrogens (tertiary/aromatic N) is 4. The molecule has 0 bridgehead atoms. The Hall–Kier alpha value is -1.86. The van der Waals surface area contributed by atoms with Crippen LogP contribution in [0, 0.1) is 0 Å². The molecule has 21 heavy (non-hydrogen) atoms. The molecule has 0 radical (unpaired) electrons. The maximum atomic E-state index is 6.00. The summed E-state index contributed by atoms with van der Waals surface area (Å²) in [6.07, 6.45) is 1.80. The van der Waals surface area contributed by atoms with E-state index in [4.69, 9.17) is 5.73 Å². The smallest absolute Gasteiger partial charge is 0.208 e. The van der Waals surface area contributed by atoms with Crippen LogP contribution < -0.4 is 10.6 Å². The van der Waals surface area contributed by atoms with E-state index in [1.165, 1.54) is 0 Å². The van der Waals surface area contributed by atoms with Gasteiger partial charge in [0.15, 0.2) is 4.34 Å². The largest absolute Gasteiger partial charge is 0.398 e. The molecule has 0 aliphatic carbocycles. The zero-order valence-corrected chi connectivity index (χ0v) is 13.4. The summed E-state index contributed by atoms with van der Waals surface area (Å²) in [6, 6.07) is 7.88. The molecule has 0 spiro atoms. The van der Waals surface area contributed by atoms with Gasteiger partial charge in [-0.2, -0.15) is 0 Å². The van der Waals surface area contributed by atoms with Crippen molar-refractivity contribution in [2.24, 2.45) is 0 Å². The Morgan fingerprint density at radius 3 is 2.86 bits per heavy atom. The van der Waals surface area contributed by atoms with Crippen molar-refractivity contribution in [1.29, 1.82) is 0 Å². The van der Waals surface area contributed by atoms with Gasteiger partial charge in [-0.3, -0.25) is 4.98 Å². The molecular weight excluding hydrogens is 302 g/mol. The van der Waals surface area contributed by atoms with E-state index < -0.39 is 0 Å². The number of hydrogen-bond donors (Lipinski definition) is 1. The number of nitrogens with two attached hydrogens (primary N) is 1. The standard InChI is InChI=1S/C14H15N5S2/c1-19(2)13-17-18-14(21-13)20-8-9-5-6-11(15)10-4-3-7-16-12(9)10/h3-7H,8,15H2,1-2H3. The number of fused-ring (bicyclic) bond motifs is 1. The normalized spacial score (nSPS) is 11.0. The number of aromatic nitrogens is 3. The van der Waals surface area contributed by atoms with E-state index in [1.54, 1.807) is 29.3 Å². The first kappa shape index (κ1) is 14.1. The lowest BCUT2D eigenvalue weighted by Gasteiger charge is -2.06. The number of nitrogen functional groups attached to an aromatic ring is 1. The Labute approximate surface area is 131 Å². The lowest BCUT2D eigenvalue weighted by molar-refractivity contribution is 0.972. The van der Waals surface area contributed by atoms with Gasteiger partial charge in [0.2, 0.25) is 5.13 Å². The first-order chi connectivity index (χ1) is 10.1. The van der Waals surface area contributed by atoms with E-state index in [1.807, 2.05) is 43.3 Å². The highest BCUT2D eigenvalue weighted by molar-refractivity contribution is 8.00. The van der Waals surface area contributed by atoms with Crippen LogP contribution in [-0.4, -0.2) is 29.3 Å². The van der Waals surface area contributed by atoms with E-state index in [0.29, 0.717) is 0 Å². The van der Waals surface area contributed by atoms with Crippen molar-refractivity contribution in [1.82, 2.24) is 15.2 Å². The molecule has 3 aromatic rings. The van der Waals surface area contributed by atoms with Crippen LogP contribution in [0.2, 0.25) is 0 Å². The SMILES string of the molecule is CN(C)c1nnc(SCc2ccc(N)c3cccnc23)s1. The molecule has 0 aliphatic heterocycles.